The van der Waals surface area contributed by atoms with Crippen LogP contribution in [0.15, 0.2) is 66.7 Å². The van der Waals surface area contributed by atoms with E-state index in [1.165, 1.54) is 21.1 Å². The largest absolute Gasteiger partial charge is 0.497 e. The van der Waals surface area contributed by atoms with Gasteiger partial charge in [0.05, 0.1) is 31.7 Å². The quantitative estimate of drug-likeness (QED) is 0.361. The molecule has 9 nitrogen and oxygen atoms in total. The van der Waals surface area contributed by atoms with Crippen LogP contribution in [-0.4, -0.2) is 55.5 Å². The Bertz CT molecular complexity index is 1430. The fourth-order valence-corrected chi connectivity index (χ4v) is 6.53. The molecule has 1 N–H and O–H groups in total. The third-order valence-electron chi connectivity index (χ3n) is 8.24. The Morgan fingerprint density at radius 2 is 1.35 bits per heavy atom. The molecule has 1 saturated heterocycles. The molecule has 4 aliphatic rings. The van der Waals surface area contributed by atoms with Crippen molar-refractivity contribution in [3.05, 3.63) is 89.0 Å². The molecule has 3 aromatic carbocycles. The Kier molecular flexibility index (Phi) is 6.29. The predicted octanol–water partition coefficient (Wildman–Crippen LogP) is 3.47. The summed E-state index contributed by atoms with van der Waals surface area (Å²) in [5.41, 5.74) is 4.58. The third kappa shape index (κ3) is 3.84. The molecule has 1 fully saturated rings. The highest BCUT2D eigenvalue weighted by Crippen LogP contribution is 2.61. The molecule has 3 amide bonds. The lowest BCUT2D eigenvalue weighted by Gasteiger charge is -2.45. The van der Waals surface area contributed by atoms with Crippen molar-refractivity contribution >= 4 is 29.4 Å². The fraction of sp³-hybridized carbons (Fsp3) is 0.290. The number of hydrogen-bond acceptors (Lipinski definition) is 7. The van der Waals surface area contributed by atoms with Gasteiger partial charge in [0.2, 0.25) is 11.8 Å². The number of nitrogens with zero attached hydrogens (tertiary/aromatic N) is 1. The third-order valence-corrected chi connectivity index (χ3v) is 8.24. The number of imide groups is 1. The first-order valence-electron chi connectivity index (χ1n) is 13.1. The summed E-state index contributed by atoms with van der Waals surface area (Å²) in [6, 6.07) is 19.6. The Balaban J connectivity index is 1.19. The molecule has 7 rings (SSSR count). The van der Waals surface area contributed by atoms with Crippen molar-refractivity contribution in [2.45, 2.75) is 24.8 Å². The maximum absolute atomic E-state index is 13.8. The number of amides is 3. The average molecular weight is 541 g/mol. The zero-order valence-electron chi connectivity index (χ0n) is 22.2. The number of carbonyl (C=O) groups is 4. The van der Waals surface area contributed by atoms with Crippen molar-refractivity contribution in [2.24, 2.45) is 11.8 Å². The van der Waals surface area contributed by atoms with Gasteiger partial charge in [-0.05, 0) is 41.3 Å². The monoisotopic (exact) mass is 540 g/mol. The van der Waals surface area contributed by atoms with Crippen LogP contribution in [0.1, 0.15) is 41.0 Å². The van der Waals surface area contributed by atoms with Gasteiger partial charge in [-0.25, -0.2) is 4.79 Å². The van der Waals surface area contributed by atoms with Crippen molar-refractivity contribution in [1.82, 2.24) is 4.90 Å². The zero-order valence-corrected chi connectivity index (χ0v) is 22.2. The SMILES string of the molecule is COc1ccc(NC(=O)COC(=O)[C@H](C)N2C(=O)[C@H]3C4c5ccccc5C(c5ccccc54)[C@@H]3C2=O)c(OC)c1. The number of ether oxygens (including phenoxy) is 3. The summed E-state index contributed by atoms with van der Waals surface area (Å²) in [5, 5.41) is 2.63. The maximum atomic E-state index is 13.8. The Hall–Kier alpha value is -4.66. The summed E-state index contributed by atoms with van der Waals surface area (Å²) in [7, 11) is 2.97. The van der Waals surface area contributed by atoms with Gasteiger partial charge in [-0.3, -0.25) is 19.3 Å². The van der Waals surface area contributed by atoms with E-state index in [1.807, 2.05) is 48.5 Å². The Labute approximate surface area is 231 Å². The normalized spacial score (nSPS) is 22.6. The van der Waals surface area contributed by atoms with Crippen LogP contribution >= 0.6 is 0 Å². The van der Waals surface area contributed by atoms with Gasteiger partial charge in [-0.2, -0.15) is 0 Å². The van der Waals surface area contributed by atoms with Gasteiger partial charge >= 0.3 is 5.97 Å². The molecule has 1 aliphatic heterocycles. The molecule has 9 heteroatoms. The molecule has 3 atom stereocenters. The number of benzene rings is 3. The van der Waals surface area contributed by atoms with E-state index in [9.17, 15) is 19.2 Å². The van der Waals surface area contributed by atoms with Crippen molar-refractivity contribution < 1.29 is 33.4 Å². The van der Waals surface area contributed by atoms with E-state index < -0.39 is 36.4 Å². The lowest BCUT2D eigenvalue weighted by molar-refractivity contribution is -0.159. The zero-order chi connectivity index (χ0) is 28.1. The van der Waals surface area contributed by atoms with Gasteiger partial charge in [0.15, 0.2) is 6.61 Å². The highest BCUT2D eigenvalue weighted by atomic mass is 16.5. The van der Waals surface area contributed by atoms with Gasteiger partial charge in [0, 0.05) is 17.9 Å². The van der Waals surface area contributed by atoms with E-state index in [1.54, 1.807) is 18.2 Å². The van der Waals surface area contributed by atoms with E-state index in [2.05, 4.69) is 5.32 Å². The Morgan fingerprint density at radius 3 is 1.82 bits per heavy atom. The van der Waals surface area contributed by atoms with E-state index in [-0.39, 0.29) is 23.7 Å². The second kappa shape index (κ2) is 9.82. The van der Waals surface area contributed by atoms with Crippen LogP contribution in [0.3, 0.4) is 0 Å². The minimum absolute atomic E-state index is 0.266. The summed E-state index contributed by atoms with van der Waals surface area (Å²) in [6.45, 7) is 0.867. The second-order valence-corrected chi connectivity index (χ2v) is 10.2. The van der Waals surface area contributed by atoms with Crippen molar-refractivity contribution in [2.75, 3.05) is 26.1 Å². The first kappa shape index (κ1) is 25.6. The summed E-state index contributed by atoms with van der Waals surface area (Å²) < 4.78 is 15.7. The Morgan fingerprint density at radius 1 is 0.825 bits per heavy atom. The molecular weight excluding hydrogens is 512 g/mol. The predicted molar refractivity (Wildman–Crippen MR) is 144 cm³/mol. The fourth-order valence-electron chi connectivity index (χ4n) is 6.53. The lowest BCUT2D eigenvalue weighted by atomic mass is 9.55. The standard InChI is InChI=1S/C31H28N2O7/c1-16(31(37)40-15-24(34)32-22-13-12-17(38-2)14-23(22)39-3)33-29(35)27-25-18-8-4-5-9-19(18)26(28(27)30(33)36)21-11-7-6-10-20(21)25/h4-14,16,25-28H,15H2,1-3H3,(H,32,34)/t16-,25?,26?,27-,28-/m0/s1. The molecular formula is C31H28N2O7. The summed E-state index contributed by atoms with van der Waals surface area (Å²) in [6.07, 6.45) is 0. The summed E-state index contributed by atoms with van der Waals surface area (Å²) in [5.74, 6) is -2.99. The topological polar surface area (TPSA) is 111 Å². The summed E-state index contributed by atoms with van der Waals surface area (Å²) >= 11 is 0. The van der Waals surface area contributed by atoms with E-state index in [0.29, 0.717) is 17.2 Å². The van der Waals surface area contributed by atoms with Gasteiger partial charge in [0.1, 0.15) is 17.5 Å². The average Bonchev–Trinajstić information content (AvgIpc) is 3.25. The number of likely N-dealkylation sites (tertiary alicyclic amines) is 1. The minimum atomic E-state index is -1.18. The van der Waals surface area contributed by atoms with Crippen molar-refractivity contribution in [1.29, 1.82) is 0 Å². The highest BCUT2D eigenvalue weighted by Gasteiger charge is 2.62. The van der Waals surface area contributed by atoms with Gasteiger partial charge < -0.3 is 19.5 Å². The molecule has 0 spiro atoms. The minimum Gasteiger partial charge on any atom is -0.497 e. The second-order valence-electron chi connectivity index (χ2n) is 10.2. The molecule has 0 saturated carbocycles. The van der Waals surface area contributed by atoms with Crippen molar-refractivity contribution in [3.8, 4) is 11.5 Å². The number of methoxy groups -OCH3 is 2. The molecule has 3 aliphatic carbocycles. The van der Waals surface area contributed by atoms with Crippen LogP contribution in [-0.2, 0) is 23.9 Å². The van der Waals surface area contributed by atoms with Gasteiger partial charge in [0.25, 0.3) is 5.91 Å². The van der Waals surface area contributed by atoms with Gasteiger partial charge in [-0.15, -0.1) is 0 Å². The lowest BCUT2D eigenvalue weighted by Crippen LogP contribution is -2.45. The molecule has 1 heterocycles. The van der Waals surface area contributed by atoms with E-state index >= 15 is 0 Å². The number of nitrogens with one attached hydrogen (secondary N) is 1. The van der Waals surface area contributed by atoms with Crippen molar-refractivity contribution in [3.63, 3.8) is 0 Å². The number of anilines is 1. The molecule has 40 heavy (non-hydrogen) atoms. The molecule has 3 aromatic rings. The number of carbonyl (C=O) groups excluding carboxylic acids is 4. The van der Waals surface area contributed by atoms with Gasteiger partial charge in [-0.1, -0.05) is 48.5 Å². The maximum Gasteiger partial charge on any atom is 0.329 e. The number of rotatable bonds is 7. The van der Waals surface area contributed by atoms with Crippen LogP contribution in [0.4, 0.5) is 5.69 Å². The smallest absolute Gasteiger partial charge is 0.329 e. The first-order valence-corrected chi connectivity index (χ1v) is 13.1. The highest BCUT2D eigenvalue weighted by molar-refractivity contribution is 6.10. The van der Waals surface area contributed by atoms with Crippen LogP contribution in [0.25, 0.3) is 0 Å². The molecule has 204 valence electrons. The molecule has 0 unspecified atom stereocenters. The van der Waals surface area contributed by atoms with Crippen LogP contribution in [0.2, 0.25) is 0 Å². The van der Waals surface area contributed by atoms with Crippen LogP contribution in [0, 0.1) is 11.8 Å². The first-order chi connectivity index (χ1) is 19.3. The molecule has 2 bridgehead atoms. The molecule has 0 radical (unpaired) electrons. The van der Waals surface area contributed by atoms with Crippen LogP contribution in [0.5, 0.6) is 11.5 Å². The molecule has 0 aromatic heterocycles. The summed E-state index contributed by atoms with van der Waals surface area (Å²) in [4.78, 5) is 54.2. The van der Waals surface area contributed by atoms with E-state index in [0.717, 1.165) is 27.2 Å². The number of esters is 1. The van der Waals surface area contributed by atoms with Crippen LogP contribution < -0.4 is 14.8 Å². The number of hydrogen-bond donors (Lipinski definition) is 1. The van der Waals surface area contributed by atoms with E-state index in [4.69, 9.17) is 14.2 Å².